The van der Waals surface area contributed by atoms with Crippen LogP contribution < -0.4 is 4.90 Å². The molecule has 5 rings (SSSR count). The highest BCUT2D eigenvalue weighted by molar-refractivity contribution is 6.30. The van der Waals surface area contributed by atoms with Crippen molar-refractivity contribution in [2.45, 2.75) is 38.9 Å². The fraction of sp³-hybridized carbons (Fsp3) is 0.276. The van der Waals surface area contributed by atoms with E-state index >= 15 is 0 Å². The van der Waals surface area contributed by atoms with Gasteiger partial charge in [0.15, 0.2) is 0 Å². The van der Waals surface area contributed by atoms with Crippen molar-refractivity contribution < 1.29 is 9.18 Å². The zero-order valence-corrected chi connectivity index (χ0v) is 20.8. The zero-order chi connectivity index (χ0) is 24.5. The number of hydrogen-bond acceptors (Lipinski definition) is 3. The number of anilines is 2. The van der Waals surface area contributed by atoms with E-state index in [0.29, 0.717) is 12.1 Å². The molecular formula is C29H29ClFN3O. The molecule has 35 heavy (non-hydrogen) atoms. The van der Waals surface area contributed by atoms with Gasteiger partial charge in [0, 0.05) is 54.9 Å². The first-order chi connectivity index (χ1) is 16.9. The molecule has 0 N–H and O–H groups in total. The predicted molar refractivity (Wildman–Crippen MR) is 140 cm³/mol. The maximum Gasteiger partial charge on any atom is 0.254 e. The lowest BCUT2D eigenvalue weighted by atomic mass is 10.0. The second-order valence-electron chi connectivity index (χ2n) is 9.49. The topological polar surface area (TPSA) is 26.8 Å². The maximum atomic E-state index is 13.9. The van der Waals surface area contributed by atoms with E-state index in [1.165, 1.54) is 17.3 Å². The third-order valence-corrected chi connectivity index (χ3v) is 7.16. The van der Waals surface area contributed by atoms with Crippen LogP contribution in [-0.2, 0) is 13.0 Å². The maximum absolute atomic E-state index is 13.9. The Morgan fingerprint density at radius 3 is 2.43 bits per heavy atom. The number of carbonyl (C=O) groups is 1. The lowest BCUT2D eigenvalue weighted by molar-refractivity contribution is 0.0268. The molecule has 2 unspecified atom stereocenters. The Balaban J connectivity index is 1.27. The van der Waals surface area contributed by atoms with E-state index in [-0.39, 0.29) is 23.0 Å². The largest absolute Gasteiger partial charge is 0.331 e. The number of nitrogens with zero attached hydrogens (tertiary/aromatic N) is 3. The number of carbonyl (C=O) groups excluding carboxylic acids is 1. The van der Waals surface area contributed by atoms with Gasteiger partial charge in [-0.3, -0.25) is 9.69 Å². The van der Waals surface area contributed by atoms with Crippen LogP contribution in [0.25, 0.3) is 0 Å². The van der Waals surface area contributed by atoms with Gasteiger partial charge in [-0.05, 0) is 73.9 Å². The first kappa shape index (κ1) is 23.6. The van der Waals surface area contributed by atoms with Gasteiger partial charge in [0.1, 0.15) is 5.82 Å². The number of halogens is 2. The molecule has 1 saturated heterocycles. The minimum Gasteiger partial charge on any atom is -0.331 e. The molecule has 2 heterocycles. The second kappa shape index (κ2) is 9.84. The summed E-state index contributed by atoms with van der Waals surface area (Å²) in [4.78, 5) is 19.9. The molecule has 2 aliphatic rings. The standard InChI is InChI=1S/C29H29ClFN3O/c1-20-17-32(19-22-9-14-26(30)27(31)16-22)18-21(2)34(20)29(35)24-10-12-25(13-11-24)33-15-5-7-23-6-3-4-8-28(23)33/h3-6,8-16,20-21H,7,17-19H2,1-2H3. The Morgan fingerprint density at radius 2 is 1.71 bits per heavy atom. The number of para-hydroxylation sites is 1. The van der Waals surface area contributed by atoms with E-state index in [2.05, 4.69) is 60.2 Å². The van der Waals surface area contributed by atoms with Crippen molar-refractivity contribution in [2.75, 3.05) is 18.0 Å². The Morgan fingerprint density at radius 1 is 1.00 bits per heavy atom. The first-order valence-electron chi connectivity index (χ1n) is 12.0. The third kappa shape index (κ3) is 4.84. The SMILES string of the molecule is CC1CN(Cc2ccc(Cl)c(F)c2)CC(C)N1C(=O)c1ccc(N2C=CCc3ccccc32)cc1. The molecular weight excluding hydrogens is 461 g/mol. The fourth-order valence-corrected chi connectivity index (χ4v) is 5.40. The highest BCUT2D eigenvalue weighted by Gasteiger charge is 2.33. The molecule has 1 amide bonds. The van der Waals surface area contributed by atoms with Crippen LogP contribution >= 0.6 is 11.6 Å². The van der Waals surface area contributed by atoms with E-state index in [9.17, 15) is 9.18 Å². The smallest absolute Gasteiger partial charge is 0.254 e. The average Bonchev–Trinajstić information content (AvgIpc) is 2.85. The Kier molecular flexibility index (Phi) is 6.63. The number of benzene rings is 3. The normalized spacial score (nSPS) is 20.1. The summed E-state index contributed by atoms with van der Waals surface area (Å²) >= 11 is 5.82. The average molecular weight is 490 g/mol. The van der Waals surface area contributed by atoms with Gasteiger partial charge in [0.2, 0.25) is 0 Å². The number of amides is 1. The third-order valence-electron chi connectivity index (χ3n) is 6.86. The summed E-state index contributed by atoms with van der Waals surface area (Å²) in [5, 5.41) is 0.137. The molecule has 0 bridgehead atoms. The van der Waals surface area contributed by atoms with E-state index in [1.807, 2.05) is 35.2 Å². The van der Waals surface area contributed by atoms with Crippen molar-refractivity contribution in [3.8, 4) is 0 Å². The minimum atomic E-state index is -0.397. The van der Waals surface area contributed by atoms with Gasteiger partial charge in [0.25, 0.3) is 5.91 Å². The van der Waals surface area contributed by atoms with Crippen molar-refractivity contribution in [3.05, 3.63) is 107 Å². The minimum absolute atomic E-state index is 0.0416. The second-order valence-corrected chi connectivity index (χ2v) is 9.89. The summed E-state index contributed by atoms with van der Waals surface area (Å²) in [5.74, 6) is -0.352. The van der Waals surface area contributed by atoms with Crippen LogP contribution in [0, 0.1) is 5.82 Å². The van der Waals surface area contributed by atoms with Crippen LogP contribution in [0.5, 0.6) is 0 Å². The van der Waals surface area contributed by atoms with Crippen LogP contribution in [0.1, 0.15) is 35.3 Å². The van der Waals surface area contributed by atoms with Gasteiger partial charge in [-0.25, -0.2) is 4.39 Å². The molecule has 2 atom stereocenters. The molecule has 180 valence electrons. The number of fused-ring (bicyclic) bond motifs is 1. The van der Waals surface area contributed by atoms with Gasteiger partial charge >= 0.3 is 0 Å². The van der Waals surface area contributed by atoms with Crippen LogP contribution in [-0.4, -0.2) is 40.9 Å². The van der Waals surface area contributed by atoms with Gasteiger partial charge in [0.05, 0.1) is 5.02 Å². The van der Waals surface area contributed by atoms with E-state index in [1.54, 1.807) is 6.07 Å². The molecule has 2 aliphatic heterocycles. The molecule has 6 heteroatoms. The Labute approximate surface area is 211 Å². The van der Waals surface area contributed by atoms with Gasteiger partial charge in [-0.1, -0.05) is 41.9 Å². The summed E-state index contributed by atoms with van der Waals surface area (Å²) in [6, 6.07) is 21.3. The summed E-state index contributed by atoms with van der Waals surface area (Å²) in [5.41, 5.74) is 5.07. The Bertz CT molecular complexity index is 1250. The molecule has 0 spiro atoms. The predicted octanol–water partition coefficient (Wildman–Crippen LogP) is 6.42. The van der Waals surface area contributed by atoms with Crippen molar-refractivity contribution in [2.24, 2.45) is 0 Å². The Hall–Kier alpha value is -3.15. The van der Waals surface area contributed by atoms with E-state index < -0.39 is 5.82 Å². The molecule has 4 nitrogen and oxygen atoms in total. The summed E-state index contributed by atoms with van der Waals surface area (Å²) in [7, 11) is 0. The summed E-state index contributed by atoms with van der Waals surface area (Å²) < 4.78 is 13.9. The number of hydrogen-bond donors (Lipinski definition) is 0. The molecule has 3 aromatic carbocycles. The number of rotatable bonds is 4. The van der Waals surface area contributed by atoms with E-state index in [4.69, 9.17) is 11.6 Å². The van der Waals surface area contributed by atoms with Gasteiger partial charge in [-0.15, -0.1) is 0 Å². The van der Waals surface area contributed by atoms with Gasteiger partial charge < -0.3 is 9.80 Å². The highest BCUT2D eigenvalue weighted by Crippen LogP contribution is 2.33. The van der Waals surface area contributed by atoms with Crippen LogP contribution in [0.15, 0.2) is 79.0 Å². The summed E-state index contributed by atoms with van der Waals surface area (Å²) in [6.07, 6.45) is 5.18. The number of allylic oxidation sites excluding steroid dienone is 1. The molecule has 0 aromatic heterocycles. The molecule has 3 aromatic rings. The number of piperazine rings is 1. The lowest BCUT2D eigenvalue weighted by Crippen LogP contribution is -2.58. The van der Waals surface area contributed by atoms with Crippen molar-refractivity contribution in [1.82, 2.24) is 9.80 Å². The van der Waals surface area contributed by atoms with Crippen molar-refractivity contribution in [3.63, 3.8) is 0 Å². The zero-order valence-electron chi connectivity index (χ0n) is 20.0. The summed E-state index contributed by atoms with van der Waals surface area (Å²) in [6.45, 7) is 6.24. The van der Waals surface area contributed by atoms with Crippen LogP contribution in [0.3, 0.4) is 0 Å². The van der Waals surface area contributed by atoms with Crippen molar-refractivity contribution >= 4 is 28.9 Å². The van der Waals surface area contributed by atoms with Crippen LogP contribution in [0.2, 0.25) is 5.02 Å². The van der Waals surface area contributed by atoms with Crippen molar-refractivity contribution in [1.29, 1.82) is 0 Å². The van der Waals surface area contributed by atoms with Crippen LogP contribution in [0.4, 0.5) is 15.8 Å². The molecule has 0 radical (unpaired) electrons. The molecule has 1 fully saturated rings. The fourth-order valence-electron chi connectivity index (χ4n) is 5.28. The molecule has 0 aliphatic carbocycles. The quantitative estimate of drug-likeness (QED) is 0.423. The highest BCUT2D eigenvalue weighted by atomic mass is 35.5. The lowest BCUT2D eigenvalue weighted by Gasteiger charge is -2.44. The molecule has 0 saturated carbocycles. The first-order valence-corrected chi connectivity index (χ1v) is 12.4. The monoisotopic (exact) mass is 489 g/mol. The van der Waals surface area contributed by atoms with Gasteiger partial charge in [-0.2, -0.15) is 0 Å². The van der Waals surface area contributed by atoms with E-state index in [0.717, 1.165) is 30.8 Å².